The van der Waals surface area contributed by atoms with E-state index in [4.69, 9.17) is 0 Å². The quantitative estimate of drug-likeness (QED) is 0.735. The highest BCUT2D eigenvalue weighted by molar-refractivity contribution is 7.99. The molecule has 0 aliphatic carbocycles. The van der Waals surface area contributed by atoms with Crippen molar-refractivity contribution < 1.29 is 4.79 Å². The van der Waals surface area contributed by atoms with Gasteiger partial charge in [0.25, 0.3) is 0 Å². The maximum absolute atomic E-state index is 12.5. The fourth-order valence-electron chi connectivity index (χ4n) is 5.23. The van der Waals surface area contributed by atoms with Crippen LogP contribution >= 0.6 is 11.8 Å². The number of nitrogens with zero attached hydrogens (tertiary/aromatic N) is 2. The van der Waals surface area contributed by atoms with Crippen molar-refractivity contribution in [2.75, 3.05) is 37.7 Å². The molecule has 3 heterocycles. The van der Waals surface area contributed by atoms with Gasteiger partial charge < -0.3 is 10.2 Å². The molecule has 4 nitrogen and oxygen atoms in total. The minimum Gasteiger partial charge on any atom is -0.352 e. The summed E-state index contributed by atoms with van der Waals surface area (Å²) in [7, 11) is 0. The van der Waals surface area contributed by atoms with E-state index < -0.39 is 0 Å². The Kier molecular flexibility index (Phi) is 7.92. The molecule has 0 unspecified atom stereocenters. The Bertz CT molecular complexity index is 626. The molecule has 4 rings (SSSR count). The lowest BCUT2D eigenvalue weighted by Gasteiger charge is -2.39. The lowest BCUT2D eigenvalue weighted by Crippen LogP contribution is -2.43. The van der Waals surface area contributed by atoms with Gasteiger partial charge in [-0.3, -0.25) is 9.69 Å². The minimum atomic E-state index is 0.267. The second-order valence-electron chi connectivity index (χ2n) is 9.14. The number of thioether (sulfide) groups is 1. The Morgan fingerprint density at radius 1 is 1.00 bits per heavy atom. The molecule has 29 heavy (non-hydrogen) atoms. The van der Waals surface area contributed by atoms with Crippen LogP contribution < -0.4 is 5.32 Å². The molecule has 3 fully saturated rings. The molecule has 0 saturated carbocycles. The summed E-state index contributed by atoms with van der Waals surface area (Å²) in [5.41, 5.74) is 1.36. The van der Waals surface area contributed by atoms with E-state index >= 15 is 0 Å². The van der Waals surface area contributed by atoms with Crippen molar-refractivity contribution in [3.8, 4) is 0 Å². The van der Waals surface area contributed by atoms with Crippen LogP contribution in [-0.2, 0) is 11.3 Å². The third-order valence-corrected chi connectivity index (χ3v) is 8.07. The highest BCUT2D eigenvalue weighted by Gasteiger charge is 2.27. The van der Waals surface area contributed by atoms with Crippen LogP contribution in [0.25, 0.3) is 0 Å². The molecule has 1 atom stereocenters. The second-order valence-corrected chi connectivity index (χ2v) is 10.4. The van der Waals surface area contributed by atoms with E-state index in [1.54, 1.807) is 0 Å². The lowest BCUT2D eigenvalue weighted by molar-refractivity contribution is -0.122. The number of amides is 1. The average molecular weight is 416 g/mol. The molecular formula is C24H37N3OS. The molecule has 1 aromatic rings. The Hall–Kier alpha value is -1.04. The molecule has 0 aromatic heterocycles. The summed E-state index contributed by atoms with van der Waals surface area (Å²) in [6.07, 6.45) is 8.18. The summed E-state index contributed by atoms with van der Waals surface area (Å²) in [4.78, 5) is 17.7. The van der Waals surface area contributed by atoms with Crippen molar-refractivity contribution >= 4 is 17.7 Å². The van der Waals surface area contributed by atoms with Gasteiger partial charge in [-0.05, 0) is 74.6 Å². The summed E-state index contributed by atoms with van der Waals surface area (Å²) in [6.45, 7) is 5.56. The largest absolute Gasteiger partial charge is 0.352 e. The van der Waals surface area contributed by atoms with Crippen LogP contribution in [0.4, 0.5) is 0 Å². The predicted molar refractivity (Wildman–Crippen MR) is 122 cm³/mol. The molecule has 0 bridgehead atoms. The summed E-state index contributed by atoms with van der Waals surface area (Å²) < 4.78 is 0. The number of likely N-dealkylation sites (tertiary alicyclic amines) is 2. The molecule has 5 heteroatoms. The van der Waals surface area contributed by atoms with Crippen molar-refractivity contribution in [3.63, 3.8) is 0 Å². The number of piperidine rings is 1. The number of hydrogen-bond acceptors (Lipinski definition) is 4. The average Bonchev–Trinajstić information content (AvgIpc) is 3.20. The Morgan fingerprint density at radius 3 is 2.52 bits per heavy atom. The number of carbonyl (C=O) groups is 1. The summed E-state index contributed by atoms with van der Waals surface area (Å²) >= 11 is 2.11. The van der Waals surface area contributed by atoms with E-state index in [1.165, 1.54) is 55.8 Å². The fourth-order valence-corrected chi connectivity index (χ4v) is 6.31. The van der Waals surface area contributed by atoms with E-state index in [1.807, 2.05) is 0 Å². The molecule has 3 aliphatic rings. The van der Waals surface area contributed by atoms with Crippen molar-refractivity contribution in [1.82, 2.24) is 15.1 Å². The number of rotatable bonds is 7. The smallest absolute Gasteiger partial charge is 0.220 e. The Morgan fingerprint density at radius 2 is 1.76 bits per heavy atom. The van der Waals surface area contributed by atoms with Crippen molar-refractivity contribution in [3.05, 3.63) is 35.9 Å². The second kappa shape index (κ2) is 10.8. The highest BCUT2D eigenvalue weighted by Crippen LogP contribution is 2.28. The van der Waals surface area contributed by atoms with Crippen LogP contribution in [0.5, 0.6) is 0 Å². The van der Waals surface area contributed by atoms with Crippen LogP contribution in [0.15, 0.2) is 30.3 Å². The van der Waals surface area contributed by atoms with Gasteiger partial charge >= 0.3 is 0 Å². The summed E-state index contributed by atoms with van der Waals surface area (Å²) in [5, 5.41) is 3.30. The first kappa shape index (κ1) is 21.2. The zero-order valence-corrected chi connectivity index (χ0v) is 18.5. The zero-order valence-electron chi connectivity index (χ0n) is 17.7. The molecular weight excluding hydrogens is 378 g/mol. The number of nitrogens with one attached hydrogen (secondary N) is 1. The van der Waals surface area contributed by atoms with E-state index in [0.717, 1.165) is 44.4 Å². The first-order valence-corrected chi connectivity index (χ1v) is 12.8. The first-order chi connectivity index (χ1) is 14.3. The lowest BCUT2D eigenvalue weighted by atomic mass is 9.90. The first-order valence-electron chi connectivity index (χ1n) is 11.6. The minimum absolute atomic E-state index is 0.267. The van der Waals surface area contributed by atoms with Gasteiger partial charge in [0.2, 0.25) is 5.91 Å². The van der Waals surface area contributed by atoms with E-state index in [-0.39, 0.29) is 5.91 Å². The van der Waals surface area contributed by atoms with Gasteiger partial charge in [0, 0.05) is 38.1 Å². The normalized spacial score (nSPS) is 25.3. The van der Waals surface area contributed by atoms with E-state index in [2.05, 4.69) is 57.2 Å². The maximum atomic E-state index is 12.5. The van der Waals surface area contributed by atoms with Crippen LogP contribution in [-0.4, -0.2) is 65.5 Å². The molecule has 1 aromatic carbocycles. The van der Waals surface area contributed by atoms with Crippen molar-refractivity contribution in [2.45, 2.75) is 63.6 Å². The molecule has 160 valence electrons. The third kappa shape index (κ3) is 6.47. The molecule has 0 radical (unpaired) electrons. The maximum Gasteiger partial charge on any atom is 0.220 e. The van der Waals surface area contributed by atoms with Crippen LogP contribution in [0.1, 0.15) is 50.5 Å². The number of carbonyl (C=O) groups excluding carboxylic acids is 1. The standard InChI is InChI=1S/C24H37N3OS/c28-24(25-22-10-13-26(19-22)18-21-4-2-1-3-5-21)7-6-20-8-14-27(15-9-20)23-11-16-29-17-12-23/h1-5,20,22-23H,6-19H2,(H,25,28)/t22-/m0/s1. The van der Waals surface area contributed by atoms with Gasteiger partial charge in [0.1, 0.15) is 0 Å². The molecule has 0 spiro atoms. The Labute approximate surface area is 180 Å². The van der Waals surface area contributed by atoms with E-state index in [9.17, 15) is 4.79 Å². The van der Waals surface area contributed by atoms with Gasteiger partial charge in [0.15, 0.2) is 0 Å². The molecule has 1 N–H and O–H groups in total. The summed E-state index contributed by atoms with van der Waals surface area (Å²) in [5.74, 6) is 3.69. The number of benzene rings is 1. The van der Waals surface area contributed by atoms with Crippen molar-refractivity contribution in [2.24, 2.45) is 5.92 Å². The molecule has 3 saturated heterocycles. The Balaban J connectivity index is 1.10. The van der Waals surface area contributed by atoms with Gasteiger partial charge in [-0.1, -0.05) is 30.3 Å². The topological polar surface area (TPSA) is 35.6 Å². The summed E-state index contributed by atoms with van der Waals surface area (Å²) in [6, 6.07) is 11.8. The van der Waals surface area contributed by atoms with Crippen LogP contribution in [0, 0.1) is 5.92 Å². The predicted octanol–water partition coefficient (Wildman–Crippen LogP) is 3.76. The number of hydrogen-bond donors (Lipinski definition) is 1. The molecule has 1 amide bonds. The highest BCUT2D eigenvalue weighted by atomic mass is 32.2. The van der Waals surface area contributed by atoms with Crippen LogP contribution in [0.3, 0.4) is 0 Å². The monoisotopic (exact) mass is 415 g/mol. The van der Waals surface area contributed by atoms with E-state index in [0.29, 0.717) is 12.5 Å². The van der Waals surface area contributed by atoms with Gasteiger partial charge in [0.05, 0.1) is 0 Å². The van der Waals surface area contributed by atoms with Crippen LogP contribution in [0.2, 0.25) is 0 Å². The van der Waals surface area contributed by atoms with Gasteiger partial charge in [-0.2, -0.15) is 11.8 Å². The zero-order chi connectivity index (χ0) is 19.9. The van der Waals surface area contributed by atoms with Crippen molar-refractivity contribution in [1.29, 1.82) is 0 Å². The SMILES string of the molecule is O=C(CCC1CCN(C2CCSCC2)CC1)N[C@H]1CCN(Cc2ccccc2)C1. The molecule has 3 aliphatic heterocycles. The van der Waals surface area contributed by atoms with Gasteiger partial charge in [-0.15, -0.1) is 0 Å². The van der Waals surface area contributed by atoms with Gasteiger partial charge in [-0.25, -0.2) is 0 Å². The third-order valence-electron chi connectivity index (χ3n) is 7.02. The fraction of sp³-hybridized carbons (Fsp3) is 0.708.